The molecule has 0 aliphatic rings. The number of aromatic nitrogens is 6. The minimum atomic E-state index is -0.229. The number of anilines is 2. The van der Waals surface area contributed by atoms with Crippen LogP contribution in [0.5, 0.6) is 0 Å². The number of nitrogens with two attached hydrogens (primary N) is 2. The van der Waals surface area contributed by atoms with E-state index < -0.39 is 0 Å². The van der Waals surface area contributed by atoms with Gasteiger partial charge in [0.25, 0.3) is 0 Å². The van der Waals surface area contributed by atoms with Crippen LogP contribution in [0, 0.1) is 45.3 Å². The van der Waals surface area contributed by atoms with Crippen molar-refractivity contribution in [2.24, 2.45) is 0 Å². The second-order valence-electron chi connectivity index (χ2n) is 5.44. The van der Waals surface area contributed by atoms with Gasteiger partial charge < -0.3 is 5.73 Å². The fourth-order valence-corrected chi connectivity index (χ4v) is 2.70. The fraction of sp³-hybridized carbons (Fsp3) is 0. The maximum atomic E-state index is 9.27. The Morgan fingerprint density at radius 1 is 0.571 bits per heavy atom. The molecule has 12 nitrogen and oxygen atoms in total. The zero-order chi connectivity index (χ0) is 20.0. The Bertz CT molecular complexity index is 1410. The van der Waals surface area contributed by atoms with Crippen molar-refractivity contribution < 1.29 is 4.98 Å². The van der Waals surface area contributed by atoms with Crippen molar-refractivity contribution in [2.75, 3.05) is 11.5 Å². The average Bonchev–Trinajstić information content (AvgIpc) is 2.72. The summed E-state index contributed by atoms with van der Waals surface area (Å²) < 4.78 is 0. The molecule has 3 aromatic heterocycles. The van der Waals surface area contributed by atoms with Crippen molar-refractivity contribution in [3.8, 4) is 24.3 Å². The van der Waals surface area contributed by atoms with Crippen molar-refractivity contribution in [3.63, 3.8) is 0 Å². The Kier molecular flexibility index (Phi) is 3.29. The van der Waals surface area contributed by atoms with Crippen LogP contribution in [0.2, 0.25) is 0 Å². The summed E-state index contributed by atoms with van der Waals surface area (Å²) in [6, 6.07) is 7.25. The van der Waals surface area contributed by atoms with Gasteiger partial charge in [0.2, 0.25) is 5.69 Å². The van der Waals surface area contributed by atoms with Crippen LogP contribution in [-0.2, 0) is 0 Å². The lowest BCUT2D eigenvalue weighted by Crippen LogP contribution is -2.17. The molecule has 28 heavy (non-hydrogen) atoms. The summed E-state index contributed by atoms with van der Waals surface area (Å²) in [7, 11) is 0. The lowest BCUT2D eigenvalue weighted by Gasteiger charge is -2.08. The molecule has 3 heterocycles. The molecule has 0 fully saturated rings. The summed E-state index contributed by atoms with van der Waals surface area (Å²) in [6.45, 7) is 0. The van der Waals surface area contributed by atoms with Gasteiger partial charge in [-0.1, -0.05) is 0 Å². The van der Waals surface area contributed by atoms with Gasteiger partial charge in [-0.3, -0.25) is 5.73 Å². The lowest BCUT2D eigenvalue weighted by atomic mass is 10.1. The van der Waals surface area contributed by atoms with Gasteiger partial charge in [0, 0.05) is 0 Å². The van der Waals surface area contributed by atoms with Gasteiger partial charge in [0.1, 0.15) is 51.9 Å². The molecule has 1 aromatic carbocycles. The number of nitriles is 4. The van der Waals surface area contributed by atoms with Crippen LogP contribution in [0.15, 0.2) is 0 Å². The van der Waals surface area contributed by atoms with Crippen molar-refractivity contribution in [1.29, 1.82) is 21.0 Å². The second-order valence-corrected chi connectivity index (χ2v) is 5.44. The zero-order valence-electron chi connectivity index (χ0n) is 13.7. The van der Waals surface area contributed by atoms with Gasteiger partial charge in [-0.2, -0.15) is 21.0 Å². The molecule has 128 valence electrons. The number of fused-ring (bicyclic) bond motifs is 6. The smallest absolute Gasteiger partial charge is 0.308 e. The van der Waals surface area contributed by atoms with Crippen LogP contribution in [0.4, 0.5) is 11.6 Å². The van der Waals surface area contributed by atoms with E-state index in [0.717, 1.165) is 0 Å². The number of hydrogen-bond acceptors (Lipinski definition) is 11. The summed E-state index contributed by atoms with van der Waals surface area (Å²) in [5, 5.41) is 37.0. The molecule has 0 bridgehead atoms. The maximum Gasteiger partial charge on any atom is 0.308 e. The van der Waals surface area contributed by atoms with Gasteiger partial charge in [0.05, 0.1) is 0 Å². The molecule has 12 heteroatoms. The molecule has 0 radical (unpaired) electrons. The van der Waals surface area contributed by atoms with E-state index >= 15 is 0 Å². The lowest BCUT2D eigenvalue weighted by molar-refractivity contribution is -0.326. The SMILES string of the molecule is N#Cc1nc2c3nc(C#N)c(C#N)nc3c3nc(C#N)c(N)[nH+]c3c2nc1N. The molecule has 0 amide bonds. The average molecular weight is 365 g/mol. The van der Waals surface area contributed by atoms with Crippen LogP contribution in [-0.4, -0.2) is 24.9 Å². The third-order valence-corrected chi connectivity index (χ3v) is 3.90. The van der Waals surface area contributed by atoms with E-state index in [-0.39, 0.29) is 67.5 Å². The molecular weight excluding hydrogens is 360 g/mol. The van der Waals surface area contributed by atoms with Crippen molar-refractivity contribution in [2.45, 2.75) is 0 Å². The second kappa shape index (κ2) is 5.67. The van der Waals surface area contributed by atoms with E-state index in [2.05, 4.69) is 29.9 Å². The number of benzene rings is 1. The monoisotopic (exact) mass is 365 g/mol. The van der Waals surface area contributed by atoms with Crippen LogP contribution in [0.3, 0.4) is 0 Å². The molecule has 0 spiro atoms. The molecule has 0 unspecified atom stereocenters. The van der Waals surface area contributed by atoms with Crippen LogP contribution in [0.1, 0.15) is 22.8 Å². The number of nitrogen functional groups attached to an aromatic ring is 2. The van der Waals surface area contributed by atoms with Gasteiger partial charge in [-0.25, -0.2) is 29.9 Å². The molecular formula is C16H5N12+. The highest BCUT2D eigenvalue weighted by Crippen LogP contribution is 2.30. The number of aromatic amines is 1. The minimum absolute atomic E-state index is 0.0255. The normalized spacial score (nSPS) is 10.3. The predicted octanol–water partition coefficient (Wildman–Crippen LogP) is -0.414. The third kappa shape index (κ3) is 2.07. The Balaban J connectivity index is 2.40. The summed E-state index contributed by atoms with van der Waals surface area (Å²) in [5.74, 6) is -0.156. The van der Waals surface area contributed by atoms with Crippen molar-refractivity contribution >= 4 is 44.7 Å². The topological polar surface area (TPSA) is 226 Å². The first-order chi connectivity index (χ1) is 13.5. The van der Waals surface area contributed by atoms with Crippen molar-refractivity contribution in [1.82, 2.24) is 24.9 Å². The molecule has 0 saturated heterocycles. The number of H-pyrrole nitrogens is 1. The van der Waals surface area contributed by atoms with E-state index in [1.54, 1.807) is 12.1 Å². The highest BCUT2D eigenvalue weighted by Gasteiger charge is 2.23. The Labute approximate surface area is 155 Å². The Morgan fingerprint density at radius 2 is 1.00 bits per heavy atom. The number of rotatable bonds is 0. The van der Waals surface area contributed by atoms with E-state index in [1.807, 2.05) is 12.1 Å². The largest absolute Gasteiger partial charge is 0.381 e. The van der Waals surface area contributed by atoms with Gasteiger partial charge in [-0.05, 0) is 0 Å². The molecule has 0 aliphatic heterocycles. The van der Waals surface area contributed by atoms with E-state index in [1.165, 1.54) is 0 Å². The van der Waals surface area contributed by atoms with Crippen LogP contribution in [0.25, 0.3) is 33.1 Å². The van der Waals surface area contributed by atoms with Crippen molar-refractivity contribution in [3.05, 3.63) is 22.8 Å². The Morgan fingerprint density at radius 3 is 1.54 bits per heavy atom. The first-order valence-corrected chi connectivity index (χ1v) is 7.46. The molecule has 5 N–H and O–H groups in total. The zero-order valence-corrected chi connectivity index (χ0v) is 13.7. The summed E-state index contributed by atoms with van der Waals surface area (Å²) in [5.41, 5.74) is 11.7. The highest BCUT2D eigenvalue weighted by molar-refractivity contribution is 6.17. The fourth-order valence-electron chi connectivity index (χ4n) is 2.70. The van der Waals surface area contributed by atoms with Gasteiger partial charge in [-0.15, -0.1) is 0 Å². The first kappa shape index (κ1) is 16.3. The maximum absolute atomic E-state index is 9.27. The number of hydrogen-bond donors (Lipinski definition) is 2. The summed E-state index contributed by atoms with van der Waals surface area (Å²) >= 11 is 0. The first-order valence-electron chi connectivity index (χ1n) is 7.46. The molecule has 0 atom stereocenters. The van der Waals surface area contributed by atoms with E-state index in [0.29, 0.717) is 0 Å². The van der Waals surface area contributed by atoms with Crippen LogP contribution < -0.4 is 16.5 Å². The van der Waals surface area contributed by atoms with E-state index in [4.69, 9.17) is 11.5 Å². The molecule has 0 aliphatic carbocycles. The molecule has 0 saturated carbocycles. The number of nitrogens with zero attached hydrogens (tertiary/aromatic N) is 9. The standard InChI is InChI=1S/C16H4N12/c17-1-5-6(2-18)24-10-9(23-5)11-13(27-15(21)7(3-19)25-11)14-12(10)26-8(4-20)16(22)28-14/h(H2,21,27)(H2,22,28)/p+1. The quantitative estimate of drug-likeness (QED) is 0.380. The van der Waals surface area contributed by atoms with Crippen LogP contribution >= 0.6 is 0 Å². The summed E-state index contributed by atoms with van der Waals surface area (Å²) in [4.78, 5) is 23.7. The van der Waals surface area contributed by atoms with Gasteiger partial charge >= 0.3 is 5.82 Å². The van der Waals surface area contributed by atoms with Gasteiger partial charge in [0.15, 0.2) is 28.4 Å². The summed E-state index contributed by atoms with van der Waals surface area (Å²) in [6.07, 6.45) is 0. The number of nitrogens with one attached hydrogen (secondary N) is 1. The molecule has 4 aromatic rings. The third-order valence-electron chi connectivity index (χ3n) is 3.90. The van der Waals surface area contributed by atoms with E-state index in [9.17, 15) is 21.0 Å². The predicted molar refractivity (Wildman–Crippen MR) is 92.2 cm³/mol. The minimum Gasteiger partial charge on any atom is -0.381 e. The highest BCUT2D eigenvalue weighted by atomic mass is 15.0. The molecule has 4 rings (SSSR count). The Hall–Kier alpha value is -5.20.